The van der Waals surface area contributed by atoms with Crippen LogP contribution in [0, 0.1) is 0 Å². The molecule has 0 N–H and O–H groups in total. The van der Waals surface area contributed by atoms with Gasteiger partial charge in [0, 0.05) is 28.1 Å². The van der Waals surface area contributed by atoms with Gasteiger partial charge in [-0.1, -0.05) is 34.1 Å². The highest BCUT2D eigenvalue weighted by atomic mass is 79.9. The molecule has 3 heteroatoms. The molecule has 0 atom stereocenters. The number of benzene rings is 1. The average Bonchev–Trinajstić information content (AvgIpc) is 2.39. The number of hydrogen-bond donors (Lipinski definition) is 0. The van der Waals surface area contributed by atoms with Gasteiger partial charge in [-0.3, -0.25) is 9.98 Å². The number of aromatic nitrogens is 1. The Bertz CT molecular complexity index is 504. The van der Waals surface area contributed by atoms with Crippen LogP contribution in [0.4, 0.5) is 0 Å². The van der Waals surface area contributed by atoms with E-state index in [1.807, 2.05) is 37.4 Å². The van der Waals surface area contributed by atoms with Crippen molar-refractivity contribution in [3.8, 4) is 0 Å². The molecular weight excluding hydrogens is 276 g/mol. The number of aliphatic imine (C=N–C) groups is 1. The van der Waals surface area contributed by atoms with Crippen molar-refractivity contribution in [2.45, 2.75) is 13.5 Å². The summed E-state index contributed by atoms with van der Waals surface area (Å²) in [5.74, 6) is 0. The summed E-state index contributed by atoms with van der Waals surface area (Å²) in [7, 11) is 0. The van der Waals surface area contributed by atoms with Crippen molar-refractivity contribution in [3.63, 3.8) is 0 Å². The quantitative estimate of drug-likeness (QED) is 0.788. The fraction of sp³-hybridized carbons (Fsp3) is 0.143. The van der Waals surface area contributed by atoms with Crippen LogP contribution < -0.4 is 0 Å². The number of rotatable bonds is 3. The molecule has 0 aliphatic heterocycles. The molecule has 1 aromatic heterocycles. The molecule has 0 spiro atoms. The Kier molecular flexibility index (Phi) is 4.04. The number of halogens is 1. The molecule has 0 saturated carbocycles. The molecule has 2 rings (SSSR count). The molecule has 1 aromatic carbocycles. The average molecular weight is 289 g/mol. The van der Waals surface area contributed by atoms with E-state index in [4.69, 9.17) is 0 Å². The van der Waals surface area contributed by atoms with Gasteiger partial charge in [0.2, 0.25) is 0 Å². The third-order valence-corrected chi connectivity index (χ3v) is 3.02. The van der Waals surface area contributed by atoms with Gasteiger partial charge >= 0.3 is 0 Å². The zero-order chi connectivity index (χ0) is 12.1. The first-order valence-corrected chi connectivity index (χ1v) is 6.21. The van der Waals surface area contributed by atoms with Crippen LogP contribution in [-0.4, -0.2) is 10.7 Å². The molecule has 0 saturated heterocycles. The second-order valence-corrected chi connectivity index (χ2v) is 4.69. The van der Waals surface area contributed by atoms with Gasteiger partial charge in [-0.25, -0.2) is 0 Å². The molecule has 17 heavy (non-hydrogen) atoms. The van der Waals surface area contributed by atoms with E-state index < -0.39 is 0 Å². The monoisotopic (exact) mass is 288 g/mol. The van der Waals surface area contributed by atoms with Gasteiger partial charge in [0.05, 0.1) is 6.54 Å². The highest BCUT2D eigenvalue weighted by molar-refractivity contribution is 9.10. The van der Waals surface area contributed by atoms with Crippen LogP contribution in [-0.2, 0) is 6.54 Å². The lowest BCUT2D eigenvalue weighted by Gasteiger charge is -2.01. The predicted molar refractivity (Wildman–Crippen MR) is 74.3 cm³/mol. The van der Waals surface area contributed by atoms with Crippen LogP contribution in [0.5, 0.6) is 0 Å². The Morgan fingerprint density at radius 3 is 2.65 bits per heavy atom. The molecule has 0 fully saturated rings. The molecular formula is C14H13BrN2. The maximum atomic E-state index is 4.56. The van der Waals surface area contributed by atoms with Gasteiger partial charge in [0.15, 0.2) is 0 Å². The molecule has 1 heterocycles. The van der Waals surface area contributed by atoms with Crippen molar-refractivity contribution >= 4 is 21.6 Å². The minimum atomic E-state index is 0.702. The van der Waals surface area contributed by atoms with E-state index in [1.165, 1.54) is 5.56 Å². The topological polar surface area (TPSA) is 25.2 Å². The van der Waals surface area contributed by atoms with Crippen LogP contribution in [0.3, 0.4) is 0 Å². The van der Waals surface area contributed by atoms with E-state index in [-0.39, 0.29) is 0 Å². The lowest BCUT2D eigenvalue weighted by atomic mass is 10.2. The molecule has 0 unspecified atom stereocenters. The molecule has 86 valence electrons. The van der Waals surface area contributed by atoms with Gasteiger partial charge in [-0.15, -0.1) is 0 Å². The maximum absolute atomic E-state index is 4.56. The number of hydrogen-bond acceptors (Lipinski definition) is 2. The van der Waals surface area contributed by atoms with E-state index in [1.54, 1.807) is 6.20 Å². The Labute approximate surface area is 110 Å². The third-order valence-electron chi connectivity index (χ3n) is 2.49. The van der Waals surface area contributed by atoms with Crippen molar-refractivity contribution in [1.29, 1.82) is 0 Å². The van der Waals surface area contributed by atoms with Crippen LogP contribution in [0.2, 0.25) is 0 Å². The summed E-state index contributed by atoms with van der Waals surface area (Å²) in [6, 6.07) is 12.2. The largest absolute Gasteiger partial charge is 0.285 e. The zero-order valence-electron chi connectivity index (χ0n) is 9.60. The lowest BCUT2D eigenvalue weighted by molar-refractivity contribution is 1.06. The fourth-order valence-electron chi connectivity index (χ4n) is 1.47. The smallest absolute Gasteiger partial charge is 0.0643 e. The summed E-state index contributed by atoms with van der Waals surface area (Å²) in [6.45, 7) is 2.71. The summed E-state index contributed by atoms with van der Waals surface area (Å²) < 4.78 is 1.09. The summed E-state index contributed by atoms with van der Waals surface area (Å²) in [4.78, 5) is 8.64. The van der Waals surface area contributed by atoms with Crippen LogP contribution >= 0.6 is 15.9 Å². The van der Waals surface area contributed by atoms with Gasteiger partial charge in [-0.2, -0.15) is 0 Å². The number of nitrogens with zero attached hydrogens (tertiary/aromatic N) is 2. The first-order valence-electron chi connectivity index (χ1n) is 5.41. The van der Waals surface area contributed by atoms with E-state index >= 15 is 0 Å². The van der Waals surface area contributed by atoms with Crippen LogP contribution in [0.15, 0.2) is 58.3 Å². The molecule has 0 bridgehead atoms. The van der Waals surface area contributed by atoms with E-state index in [2.05, 4.69) is 38.0 Å². The highest BCUT2D eigenvalue weighted by Gasteiger charge is 1.96. The number of pyridine rings is 1. The first-order chi connectivity index (χ1) is 8.25. The summed E-state index contributed by atoms with van der Waals surface area (Å²) >= 11 is 3.42. The van der Waals surface area contributed by atoms with Gasteiger partial charge in [0.25, 0.3) is 0 Å². The predicted octanol–water partition coefficient (Wildman–Crippen LogP) is 3.85. The molecule has 2 nitrogen and oxygen atoms in total. The Hall–Kier alpha value is -1.48. The van der Waals surface area contributed by atoms with Crippen molar-refractivity contribution < 1.29 is 0 Å². The third kappa shape index (κ3) is 3.49. The Morgan fingerprint density at radius 1 is 1.24 bits per heavy atom. The van der Waals surface area contributed by atoms with Crippen LogP contribution in [0.25, 0.3) is 0 Å². The van der Waals surface area contributed by atoms with Crippen LogP contribution in [0.1, 0.15) is 18.1 Å². The van der Waals surface area contributed by atoms with Crippen molar-refractivity contribution in [2.24, 2.45) is 4.99 Å². The molecule has 0 aliphatic rings. The first kappa shape index (κ1) is 12.0. The van der Waals surface area contributed by atoms with Crippen molar-refractivity contribution in [3.05, 3.63) is 64.4 Å². The Balaban J connectivity index is 2.08. The second-order valence-electron chi connectivity index (χ2n) is 3.77. The van der Waals surface area contributed by atoms with Gasteiger partial charge in [-0.05, 0) is 30.7 Å². The molecule has 0 aliphatic carbocycles. The van der Waals surface area contributed by atoms with E-state index in [0.29, 0.717) is 6.54 Å². The molecule has 2 aromatic rings. The fourth-order valence-corrected chi connectivity index (χ4v) is 1.73. The minimum Gasteiger partial charge on any atom is -0.285 e. The summed E-state index contributed by atoms with van der Waals surface area (Å²) in [5, 5.41) is 0. The van der Waals surface area contributed by atoms with Gasteiger partial charge in [0.1, 0.15) is 0 Å². The Morgan fingerprint density at radius 2 is 2.00 bits per heavy atom. The van der Waals surface area contributed by atoms with Crippen molar-refractivity contribution in [2.75, 3.05) is 0 Å². The lowest BCUT2D eigenvalue weighted by Crippen LogP contribution is -1.96. The molecule has 0 amide bonds. The van der Waals surface area contributed by atoms with E-state index in [0.717, 1.165) is 15.7 Å². The minimum absolute atomic E-state index is 0.702. The normalized spacial score (nSPS) is 11.5. The maximum Gasteiger partial charge on any atom is 0.0643 e. The molecule has 0 radical (unpaired) electrons. The second kappa shape index (κ2) is 5.73. The highest BCUT2D eigenvalue weighted by Crippen LogP contribution is 2.11. The zero-order valence-corrected chi connectivity index (χ0v) is 11.2. The summed E-state index contributed by atoms with van der Waals surface area (Å²) in [6.07, 6.45) is 3.60. The SMILES string of the molecule is CC(=NCc1ccc(Br)cc1)c1cccnc1. The van der Waals surface area contributed by atoms with Gasteiger partial charge < -0.3 is 0 Å². The van der Waals surface area contributed by atoms with E-state index in [9.17, 15) is 0 Å². The standard InChI is InChI=1S/C14H13BrN2/c1-11(13-3-2-8-16-10-13)17-9-12-4-6-14(15)7-5-12/h2-8,10H,9H2,1H3. The summed E-state index contributed by atoms with van der Waals surface area (Å²) in [5.41, 5.74) is 3.29. The van der Waals surface area contributed by atoms with Crippen molar-refractivity contribution in [1.82, 2.24) is 4.98 Å².